The molecule has 0 saturated carbocycles. The highest BCUT2D eigenvalue weighted by Gasteiger charge is 2.24. The number of carbonyl (C=O) groups excluding carboxylic acids is 1. The fraction of sp³-hybridized carbons (Fsp3) is 0.0625. The van der Waals surface area contributed by atoms with Crippen LogP contribution < -0.4 is 4.74 Å². The molecule has 2 rings (SSSR count). The van der Waals surface area contributed by atoms with Gasteiger partial charge in [0.2, 0.25) is 0 Å². The maximum atomic E-state index is 12.1. The lowest BCUT2D eigenvalue weighted by atomic mass is 10.0. The second-order valence-electron chi connectivity index (χ2n) is 4.50. The first-order valence-corrected chi connectivity index (χ1v) is 6.29. The van der Waals surface area contributed by atoms with Gasteiger partial charge in [0.1, 0.15) is 11.1 Å². The van der Waals surface area contributed by atoms with Crippen LogP contribution >= 0.6 is 0 Å². The van der Waals surface area contributed by atoms with Crippen molar-refractivity contribution in [3.8, 4) is 5.75 Å². The molecule has 0 unspecified atom stereocenters. The van der Waals surface area contributed by atoms with Gasteiger partial charge in [0.25, 0.3) is 0 Å². The Morgan fingerprint density at radius 2 is 1.55 bits per heavy atom. The Hall–Kier alpha value is -3.15. The van der Waals surface area contributed by atoms with Crippen molar-refractivity contribution >= 4 is 17.9 Å². The molecule has 0 heterocycles. The number of rotatable bonds is 4. The third-order valence-corrected chi connectivity index (χ3v) is 3.01. The maximum Gasteiger partial charge on any atom is 0.343 e. The quantitative estimate of drug-likeness (QED) is 0.665. The minimum atomic E-state index is -1.38. The Balaban J connectivity index is 2.53. The number of aryl methyl sites for hydroxylation is 1. The van der Waals surface area contributed by atoms with Gasteiger partial charge in [-0.25, -0.2) is 14.4 Å². The van der Waals surface area contributed by atoms with Gasteiger partial charge in [-0.1, -0.05) is 24.3 Å². The van der Waals surface area contributed by atoms with E-state index in [1.54, 1.807) is 18.2 Å². The number of carboxylic acid groups (broad SMARTS) is 2. The fourth-order valence-electron chi connectivity index (χ4n) is 1.95. The Kier molecular flexibility index (Phi) is 4.22. The molecule has 0 aliphatic heterocycles. The second kappa shape index (κ2) is 6.09. The SMILES string of the molecule is Cc1ccc(C(=O)O)c(OC(=O)c2ccccc2)c1C(=O)O. The van der Waals surface area contributed by atoms with Crippen LogP contribution in [0.15, 0.2) is 42.5 Å². The van der Waals surface area contributed by atoms with Gasteiger partial charge >= 0.3 is 17.9 Å². The molecular weight excluding hydrogens is 288 g/mol. The summed E-state index contributed by atoms with van der Waals surface area (Å²) >= 11 is 0. The van der Waals surface area contributed by atoms with Gasteiger partial charge in [0, 0.05) is 0 Å². The van der Waals surface area contributed by atoms with Crippen LogP contribution in [0.1, 0.15) is 36.6 Å². The third-order valence-electron chi connectivity index (χ3n) is 3.01. The van der Waals surface area contributed by atoms with Crippen LogP contribution in [0.4, 0.5) is 0 Å². The lowest BCUT2D eigenvalue weighted by Gasteiger charge is -2.12. The molecule has 0 bridgehead atoms. The van der Waals surface area contributed by atoms with Crippen molar-refractivity contribution in [3.63, 3.8) is 0 Å². The summed E-state index contributed by atoms with van der Waals surface area (Å²) in [6.45, 7) is 1.49. The van der Waals surface area contributed by atoms with Crippen molar-refractivity contribution in [2.24, 2.45) is 0 Å². The van der Waals surface area contributed by atoms with E-state index in [4.69, 9.17) is 9.84 Å². The molecule has 0 atom stereocenters. The Morgan fingerprint density at radius 1 is 0.909 bits per heavy atom. The average Bonchev–Trinajstić information content (AvgIpc) is 2.47. The predicted molar refractivity (Wildman–Crippen MR) is 76.5 cm³/mol. The number of hydrogen-bond acceptors (Lipinski definition) is 4. The molecule has 0 aliphatic rings. The molecule has 0 spiro atoms. The smallest absolute Gasteiger partial charge is 0.343 e. The lowest BCUT2D eigenvalue weighted by molar-refractivity contribution is 0.0671. The lowest BCUT2D eigenvalue weighted by Crippen LogP contribution is -2.16. The molecule has 0 aliphatic carbocycles. The standard InChI is InChI=1S/C16H12O6/c1-9-7-8-11(14(17)18)13(12(9)15(19)20)22-16(21)10-5-3-2-4-6-10/h2-8H,1H3,(H,17,18)(H,19,20). The zero-order valence-corrected chi connectivity index (χ0v) is 11.6. The largest absolute Gasteiger partial charge is 0.478 e. The molecule has 0 radical (unpaired) electrons. The average molecular weight is 300 g/mol. The number of carboxylic acids is 2. The summed E-state index contributed by atoms with van der Waals surface area (Å²) in [5, 5.41) is 18.4. The molecule has 2 aromatic carbocycles. The second-order valence-corrected chi connectivity index (χ2v) is 4.50. The highest BCUT2D eigenvalue weighted by atomic mass is 16.5. The summed E-state index contributed by atoms with van der Waals surface area (Å²) in [4.78, 5) is 34.7. The van der Waals surface area contributed by atoms with E-state index in [0.717, 1.165) is 0 Å². The first-order valence-electron chi connectivity index (χ1n) is 6.29. The topological polar surface area (TPSA) is 101 Å². The van der Waals surface area contributed by atoms with Gasteiger partial charge in [0.15, 0.2) is 5.75 Å². The van der Waals surface area contributed by atoms with E-state index >= 15 is 0 Å². The summed E-state index contributed by atoms with van der Waals surface area (Å²) < 4.78 is 5.07. The van der Waals surface area contributed by atoms with Gasteiger partial charge in [-0.3, -0.25) is 0 Å². The minimum Gasteiger partial charge on any atom is -0.478 e. The summed E-state index contributed by atoms with van der Waals surface area (Å²) in [6, 6.07) is 10.5. The van der Waals surface area contributed by atoms with Crippen LogP contribution in [0.2, 0.25) is 0 Å². The van der Waals surface area contributed by atoms with Gasteiger partial charge in [0.05, 0.1) is 5.56 Å². The number of hydrogen-bond donors (Lipinski definition) is 2. The summed E-state index contributed by atoms with van der Waals surface area (Å²) in [5.41, 5.74) is -0.235. The highest BCUT2D eigenvalue weighted by molar-refractivity contribution is 6.02. The monoisotopic (exact) mass is 300 g/mol. The molecule has 0 aromatic heterocycles. The first kappa shape index (κ1) is 15.2. The molecule has 6 nitrogen and oxygen atoms in total. The maximum absolute atomic E-state index is 12.1. The van der Waals surface area contributed by atoms with Crippen LogP contribution in [-0.2, 0) is 0 Å². The first-order chi connectivity index (χ1) is 10.4. The minimum absolute atomic E-state index is 0.191. The van der Waals surface area contributed by atoms with Crippen LogP contribution in [0.5, 0.6) is 5.75 Å². The predicted octanol–water partition coefficient (Wildman–Crippen LogP) is 2.61. The van der Waals surface area contributed by atoms with Crippen LogP contribution in [0.3, 0.4) is 0 Å². The summed E-state index contributed by atoms with van der Waals surface area (Å²) in [7, 11) is 0. The number of carbonyl (C=O) groups is 3. The van der Waals surface area contributed by atoms with Crippen molar-refractivity contribution in [3.05, 3.63) is 64.7 Å². The van der Waals surface area contributed by atoms with Crippen LogP contribution in [0.25, 0.3) is 0 Å². The van der Waals surface area contributed by atoms with E-state index in [2.05, 4.69) is 0 Å². The normalized spacial score (nSPS) is 10.0. The number of benzene rings is 2. The molecule has 22 heavy (non-hydrogen) atoms. The van der Waals surface area contributed by atoms with Gasteiger partial charge < -0.3 is 14.9 Å². The van der Waals surface area contributed by atoms with E-state index < -0.39 is 23.7 Å². The third kappa shape index (κ3) is 2.95. The fourth-order valence-corrected chi connectivity index (χ4v) is 1.95. The highest BCUT2D eigenvalue weighted by Crippen LogP contribution is 2.28. The molecule has 0 amide bonds. The Labute approximate surface area is 125 Å². The van der Waals surface area contributed by atoms with E-state index in [0.29, 0.717) is 5.56 Å². The van der Waals surface area contributed by atoms with E-state index in [1.165, 1.54) is 31.2 Å². The van der Waals surface area contributed by atoms with Crippen molar-refractivity contribution in [1.82, 2.24) is 0 Å². The van der Waals surface area contributed by atoms with Crippen LogP contribution in [-0.4, -0.2) is 28.1 Å². The summed E-state index contributed by atoms with van der Waals surface area (Å²) in [6.07, 6.45) is 0. The Morgan fingerprint density at radius 3 is 2.09 bits per heavy atom. The molecule has 112 valence electrons. The van der Waals surface area contributed by atoms with Gasteiger partial charge in [-0.15, -0.1) is 0 Å². The number of esters is 1. The van der Waals surface area contributed by atoms with Gasteiger partial charge in [-0.05, 0) is 30.7 Å². The molecule has 0 fully saturated rings. The molecule has 0 saturated heterocycles. The zero-order chi connectivity index (χ0) is 16.3. The van der Waals surface area contributed by atoms with Crippen LogP contribution in [0, 0.1) is 6.92 Å². The molecule has 2 aromatic rings. The molecule has 2 N–H and O–H groups in total. The van der Waals surface area contributed by atoms with Gasteiger partial charge in [-0.2, -0.15) is 0 Å². The number of aromatic carboxylic acids is 2. The van der Waals surface area contributed by atoms with Crippen molar-refractivity contribution in [2.75, 3.05) is 0 Å². The van der Waals surface area contributed by atoms with Crippen molar-refractivity contribution < 1.29 is 29.3 Å². The van der Waals surface area contributed by atoms with E-state index in [1.807, 2.05) is 0 Å². The molecule has 6 heteroatoms. The van der Waals surface area contributed by atoms with Crippen molar-refractivity contribution in [1.29, 1.82) is 0 Å². The van der Waals surface area contributed by atoms with Crippen molar-refractivity contribution in [2.45, 2.75) is 6.92 Å². The molecular formula is C16H12O6. The Bertz CT molecular complexity index is 749. The van der Waals surface area contributed by atoms with E-state index in [-0.39, 0.29) is 16.7 Å². The zero-order valence-electron chi connectivity index (χ0n) is 11.6. The number of ether oxygens (including phenoxy) is 1. The summed E-state index contributed by atoms with van der Waals surface area (Å²) in [5.74, 6) is -4.03. The van der Waals surface area contributed by atoms with E-state index in [9.17, 15) is 19.5 Å².